The van der Waals surface area contributed by atoms with Crippen molar-refractivity contribution in [3.63, 3.8) is 0 Å². The minimum absolute atomic E-state index is 0.148. The van der Waals surface area contributed by atoms with E-state index >= 15 is 0 Å². The van der Waals surface area contributed by atoms with Crippen LogP contribution in [0, 0.1) is 0 Å². The Balaban J connectivity index is 6.51. The molecule has 0 atom stereocenters. The van der Waals surface area contributed by atoms with E-state index in [2.05, 4.69) is 4.74 Å². The molecule has 27 heavy (non-hydrogen) atoms. The predicted octanol–water partition coefficient (Wildman–Crippen LogP) is 4.92. The molecule has 0 N–H and O–H groups in total. The van der Waals surface area contributed by atoms with Gasteiger partial charge in [-0.2, -0.15) is 61.5 Å². The second-order valence-electron chi connectivity index (χ2n) is 4.82. The van der Waals surface area contributed by atoms with Crippen molar-refractivity contribution in [1.29, 1.82) is 0 Å². The zero-order chi connectivity index (χ0) is 22.5. The lowest BCUT2D eigenvalue weighted by Crippen LogP contribution is -2.73. The van der Waals surface area contributed by atoms with E-state index in [0.29, 0.717) is 0 Å². The van der Waals surface area contributed by atoms with E-state index < -0.39 is 54.3 Å². The van der Waals surface area contributed by atoms with Crippen molar-refractivity contribution in [3.05, 3.63) is 0 Å². The number of carbonyl (C=O) groups is 1. The van der Waals surface area contributed by atoms with Crippen LogP contribution in [0.3, 0.4) is 0 Å². The largest absolute Gasteiger partial charge is 0.473 e. The van der Waals surface area contributed by atoms with Gasteiger partial charge in [-0.15, -0.1) is 0 Å². The Morgan fingerprint density at radius 3 is 1.22 bits per heavy atom. The monoisotopic (exact) mass is 442 g/mol. The van der Waals surface area contributed by atoms with Crippen LogP contribution >= 0.6 is 0 Å². The van der Waals surface area contributed by atoms with E-state index in [4.69, 9.17) is 0 Å². The molecule has 0 unspecified atom stereocenters. The molecule has 0 aromatic carbocycles. The minimum atomic E-state index is -8.32. The fourth-order valence-corrected chi connectivity index (χ4v) is 1.33. The molecule has 0 rings (SSSR count). The Morgan fingerprint density at radius 1 is 0.630 bits per heavy atom. The summed E-state index contributed by atoms with van der Waals surface area (Å²) in [5.74, 6) is -49.6. The van der Waals surface area contributed by atoms with Crippen LogP contribution in [0.5, 0.6) is 0 Å². The van der Waals surface area contributed by atoms with Gasteiger partial charge in [0.2, 0.25) is 0 Å². The van der Waals surface area contributed by atoms with Crippen LogP contribution in [-0.2, 0) is 9.53 Å². The molecule has 0 aliphatic heterocycles. The zero-order valence-corrected chi connectivity index (χ0v) is 12.2. The van der Waals surface area contributed by atoms with Gasteiger partial charge in [0.15, 0.2) is 6.67 Å². The standard InChI is InChI=1S/C10H5F15O2/c1-3(26)27-10(24,25)9(22,23)8(20,21)7(18,19)6(16,17)5(14,15)4(12,13)2-11/h2H2,1H3. The van der Waals surface area contributed by atoms with Gasteiger partial charge in [0.1, 0.15) is 0 Å². The van der Waals surface area contributed by atoms with E-state index in [9.17, 15) is 70.7 Å². The van der Waals surface area contributed by atoms with E-state index in [1.807, 2.05) is 0 Å². The number of alkyl halides is 15. The molecular weight excluding hydrogens is 437 g/mol. The van der Waals surface area contributed by atoms with Gasteiger partial charge in [0, 0.05) is 6.92 Å². The molecule has 0 fully saturated rings. The van der Waals surface area contributed by atoms with Gasteiger partial charge in [-0.25, -0.2) is 4.39 Å². The van der Waals surface area contributed by atoms with E-state index in [1.165, 1.54) is 0 Å². The Bertz CT molecular complexity index is 567. The number of ether oxygens (including phenoxy) is 1. The van der Waals surface area contributed by atoms with Gasteiger partial charge >= 0.3 is 47.6 Å². The van der Waals surface area contributed by atoms with Gasteiger partial charge < -0.3 is 4.74 Å². The van der Waals surface area contributed by atoms with Crippen molar-refractivity contribution >= 4 is 5.97 Å². The lowest BCUT2D eigenvalue weighted by molar-refractivity contribution is -0.461. The first kappa shape index (κ1) is 25.4. The molecule has 0 saturated carbocycles. The van der Waals surface area contributed by atoms with Gasteiger partial charge in [-0.1, -0.05) is 0 Å². The summed E-state index contributed by atoms with van der Waals surface area (Å²) in [7, 11) is 0. The van der Waals surface area contributed by atoms with E-state index in [-0.39, 0.29) is 6.92 Å². The van der Waals surface area contributed by atoms with Crippen molar-refractivity contribution in [1.82, 2.24) is 0 Å². The second-order valence-corrected chi connectivity index (χ2v) is 4.82. The Hall–Kier alpha value is -1.58. The number of esters is 1. The molecule has 0 aromatic heterocycles. The SMILES string of the molecule is CC(=O)OC(F)(F)C(F)(F)C(F)(F)C(F)(F)C(F)(F)C(F)(F)C(F)(F)CF. The Morgan fingerprint density at radius 2 is 0.926 bits per heavy atom. The lowest BCUT2D eigenvalue weighted by Gasteiger charge is -2.41. The first-order valence-corrected chi connectivity index (χ1v) is 5.88. The average Bonchev–Trinajstić information content (AvgIpc) is 2.44. The normalized spacial score (nSPS) is 15.7. The van der Waals surface area contributed by atoms with Crippen molar-refractivity contribution in [3.8, 4) is 0 Å². The Kier molecular flexibility index (Phi) is 6.11. The third-order valence-electron chi connectivity index (χ3n) is 2.84. The Labute approximate surface area is 138 Å². The molecule has 0 aromatic rings. The third kappa shape index (κ3) is 3.36. The number of carbonyl (C=O) groups excluding carboxylic acids is 1. The highest BCUT2D eigenvalue weighted by Gasteiger charge is 2.93. The zero-order valence-electron chi connectivity index (χ0n) is 12.2. The number of halogens is 15. The van der Waals surface area contributed by atoms with Crippen LogP contribution in [0.15, 0.2) is 0 Å². The lowest BCUT2D eigenvalue weighted by atomic mass is 9.91. The molecule has 0 aliphatic rings. The quantitative estimate of drug-likeness (QED) is 0.394. The molecule has 0 amide bonds. The van der Waals surface area contributed by atoms with Gasteiger partial charge in [-0.05, 0) is 0 Å². The predicted molar refractivity (Wildman–Crippen MR) is 52.4 cm³/mol. The highest BCUT2D eigenvalue weighted by Crippen LogP contribution is 2.62. The van der Waals surface area contributed by atoms with Crippen LogP contribution in [0.2, 0.25) is 0 Å². The second kappa shape index (κ2) is 6.49. The first-order valence-electron chi connectivity index (χ1n) is 5.88. The van der Waals surface area contributed by atoms with Gasteiger partial charge in [0.05, 0.1) is 0 Å². The molecule has 0 saturated heterocycles. The fraction of sp³-hybridized carbons (Fsp3) is 0.900. The maximum absolute atomic E-state index is 13.1. The fourth-order valence-electron chi connectivity index (χ4n) is 1.33. The minimum Gasteiger partial charge on any atom is -0.396 e. The topological polar surface area (TPSA) is 26.3 Å². The van der Waals surface area contributed by atoms with Crippen molar-refractivity contribution in [2.75, 3.05) is 6.67 Å². The summed E-state index contributed by atoms with van der Waals surface area (Å²) in [4.78, 5) is 10.1. The average molecular weight is 442 g/mol. The summed E-state index contributed by atoms with van der Waals surface area (Å²) in [6.07, 6.45) is -6.97. The summed E-state index contributed by atoms with van der Waals surface area (Å²) in [5, 5.41) is 0. The highest BCUT2D eigenvalue weighted by atomic mass is 19.4. The molecule has 162 valence electrons. The first-order chi connectivity index (χ1) is 11.5. The van der Waals surface area contributed by atoms with Gasteiger partial charge in [0.25, 0.3) is 0 Å². The molecule has 0 heterocycles. The van der Waals surface area contributed by atoms with E-state index in [1.54, 1.807) is 0 Å². The summed E-state index contributed by atoms with van der Waals surface area (Å²) in [6.45, 7) is -3.98. The van der Waals surface area contributed by atoms with Crippen molar-refractivity contribution < 1.29 is 75.4 Å². The molecular formula is C10H5F15O2. The molecule has 0 radical (unpaired) electrons. The summed E-state index contributed by atoms with van der Waals surface area (Å²) >= 11 is 0. The maximum Gasteiger partial charge on any atom is 0.473 e. The summed E-state index contributed by atoms with van der Waals surface area (Å²) < 4.78 is 195. The van der Waals surface area contributed by atoms with Crippen molar-refractivity contribution in [2.45, 2.75) is 48.6 Å². The van der Waals surface area contributed by atoms with Crippen LogP contribution in [0.25, 0.3) is 0 Å². The van der Waals surface area contributed by atoms with Crippen LogP contribution in [0.1, 0.15) is 6.92 Å². The number of hydrogen-bond acceptors (Lipinski definition) is 2. The molecule has 2 nitrogen and oxygen atoms in total. The number of rotatable bonds is 8. The van der Waals surface area contributed by atoms with Crippen molar-refractivity contribution in [2.24, 2.45) is 0 Å². The van der Waals surface area contributed by atoms with Gasteiger partial charge in [-0.3, -0.25) is 4.79 Å². The highest BCUT2D eigenvalue weighted by molar-refractivity contribution is 5.66. The smallest absolute Gasteiger partial charge is 0.396 e. The van der Waals surface area contributed by atoms with Crippen LogP contribution in [-0.4, -0.2) is 54.3 Å². The summed E-state index contributed by atoms with van der Waals surface area (Å²) in [6, 6.07) is 0. The maximum atomic E-state index is 13.1. The van der Waals surface area contributed by atoms with Crippen LogP contribution in [0.4, 0.5) is 65.9 Å². The van der Waals surface area contributed by atoms with E-state index in [0.717, 1.165) is 0 Å². The number of hydrogen-bond donors (Lipinski definition) is 0. The third-order valence-corrected chi connectivity index (χ3v) is 2.84. The molecule has 17 heteroatoms. The molecule has 0 bridgehead atoms. The van der Waals surface area contributed by atoms with Crippen LogP contribution < -0.4 is 0 Å². The molecule has 0 aliphatic carbocycles. The summed E-state index contributed by atoms with van der Waals surface area (Å²) in [5.41, 5.74) is 0. The molecule has 0 spiro atoms.